The van der Waals surface area contributed by atoms with Crippen LogP contribution in [0.2, 0.25) is 0 Å². The van der Waals surface area contributed by atoms with Crippen LogP contribution in [-0.4, -0.2) is 21.3 Å². The van der Waals surface area contributed by atoms with Gasteiger partial charge in [-0.25, -0.2) is 0 Å². The van der Waals surface area contributed by atoms with E-state index >= 15 is 0 Å². The molecule has 4 rings (SSSR count). The Morgan fingerprint density at radius 1 is 1.20 bits per heavy atom. The quantitative estimate of drug-likeness (QED) is 0.725. The third-order valence-corrected chi connectivity index (χ3v) is 4.60. The Morgan fingerprint density at radius 2 is 2.08 bits per heavy atom. The van der Waals surface area contributed by atoms with Crippen molar-refractivity contribution in [2.75, 3.05) is 0 Å². The summed E-state index contributed by atoms with van der Waals surface area (Å²) in [5.74, 6) is -0.0107. The van der Waals surface area contributed by atoms with Crippen molar-refractivity contribution in [3.63, 3.8) is 0 Å². The van der Waals surface area contributed by atoms with Crippen LogP contribution in [0.4, 0.5) is 0 Å². The zero-order valence-electron chi connectivity index (χ0n) is 13.9. The lowest BCUT2D eigenvalue weighted by Crippen LogP contribution is -2.23. The second-order valence-corrected chi connectivity index (χ2v) is 6.33. The number of H-pyrrole nitrogens is 1. The van der Waals surface area contributed by atoms with E-state index in [4.69, 9.17) is 4.52 Å². The molecule has 2 aromatic heterocycles. The average molecular weight is 336 g/mol. The number of hydrogen-bond donors (Lipinski definition) is 2. The minimum Gasteiger partial charge on any atom is -0.351 e. The molecule has 0 unspecified atom stereocenters. The Hall–Kier alpha value is -2.89. The lowest BCUT2D eigenvalue weighted by Gasteiger charge is -2.01. The van der Waals surface area contributed by atoms with Crippen LogP contribution >= 0.6 is 0 Å². The lowest BCUT2D eigenvalue weighted by molar-refractivity contribution is 0.0913. The van der Waals surface area contributed by atoms with Crippen molar-refractivity contribution in [2.45, 2.75) is 38.6 Å². The predicted molar refractivity (Wildman–Crippen MR) is 92.1 cm³/mol. The van der Waals surface area contributed by atoms with Gasteiger partial charge in [-0.15, -0.1) is 0 Å². The van der Waals surface area contributed by atoms with Gasteiger partial charge in [0.05, 0.1) is 17.9 Å². The first-order valence-electron chi connectivity index (χ1n) is 8.62. The number of aryl methyl sites for hydroxylation is 3. The van der Waals surface area contributed by atoms with E-state index in [1.807, 2.05) is 18.2 Å². The highest BCUT2D eigenvalue weighted by Gasteiger charge is 2.19. The number of carbonyl (C=O) groups is 1. The molecule has 0 fully saturated rings. The van der Waals surface area contributed by atoms with Gasteiger partial charge in [-0.2, -0.15) is 5.10 Å². The van der Waals surface area contributed by atoms with Crippen LogP contribution in [0, 0.1) is 0 Å². The molecule has 0 radical (unpaired) electrons. The van der Waals surface area contributed by atoms with Crippen molar-refractivity contribution in [1.29, 1.82) is 0 Å². The smallest absolute Gasteiger partial charge is 0.290 e. The summed E-state index contributed by atoms with van der Waals surface area (Å²) in [6.45, 7) is 0.407. The minimum atomic E-state index is -0.256. The third kappa shape index (κ3) is 3.47. The summed E-state index contributed by atoms with van der Waals surface area (Å²) >= 11 is 0. The SMILES string of the molecule is O=C(NCc1n[nH]c2c1CCC2)c1cc(CCc2ccccc2)no1. The molecule has 1 amide bonds. The Bertz CT molecular complexity index is 867. The van der Waals surface area contributed by atoms with Gasteiger partial charge < -0.3 is 9.84 Å². The van der Waals surface area contributed by atoms with Crippen LogP contribution in [0.1, 0.15) is 45.2 Å². The topological polar surface area (TPSA) is 83.8 Å². The van der Waals surface area contributed by atoms with Crippen LogP contribution < -0.4 is 5.32 Å². The molecular weight excluding hydrogens is 316 g/mol. The van der Waals surface area contributed by atoms with E-state index in [0.717, 1.165) is 43.5 Å². The fraction of sp³-hybridized carbons (Fsp3) is 0.316. The number of nitrogens with one attached hydrogen (secondary N) is 2. The zero-order chi connectivity index (χ0) is 17.1. The van der Waals surface area contributed by atoms with Crippen LogP contribution in [-0.2, 0) is 32.2 Å². The summed E-state index contributed by atoms with van der Waals surface area (Å²) in [6, 6.07) is 11.9. The van der Waals surface area contributed by atoms with Crippen LogP contribution in [0.15, 0.2) is 40.9 Å². The van der Waals surface area contributed by atoms with E-state index in [1.165, 1.54) is 16.8 Å². The van der Waals surface area contributed by atoms with Crippen molar-refractivity contribution in [3.05, 3.63) is 70.4 Å². The van der Waals surface area contributed by atoms with E-state index in [9.17, 15) is 4.79 Å². The van der Waals surface area contributed by atoms with Gasteiger partial charge in [0.15, 0.2) is 0 Å². The first-order chi connectivity index (χ1) is 12.3. The second kappa shape index (κ2) is 6.93. The first kappa shape index (κ1) is 15.6. The normalized spacial score (nSPS) is 13.0. The number of benzene rings is 1. The zero-order valence-corrected chi connectivity index (χ0v) is 13.9. The Balaban J connectivity index is 1.32. The summed E-state index contributed by atoms with van der Waals surface area (Å²) < 4.78 is 5.19. The van der Waals surface area contributed by atoms with Gasteiger partial charge in [0, 0.05) is 11.8 Å². The van der Waals surface area contributed by atoms with Gasteiger partial charge in [-0.3, -0.25) is 9.89 Å². The average Bonchev–Trinajstić information content (AvgIpc) is 3.36. The van der Waals surface area contributed by atoms with E-state index < -0.39 is 0 Å². The van der Waals surface area contributed by atoms with E-state index in [2.05, 4.69) is 32.8 Å². The van der Waals surface area contributed by atoms with Gasteiger partial charge in [-0.1, -0.05) is 35.5 Å². The monoisotopic (exact) mass is 336 g/mol. The number of amides is 1. The molecule has 6 nitrogen and oxygen atoms in total. The summed E-state index contributed by atoms with van der Waals surface area (Å²) in [7, 11) is 0. The summed E-state index contributed by atoms with van der Waals surface area (Å²) in [4.78, 5) is 12.2. The largest absolute Gasteiger partial charge is 0.351 e. The first-order valence-corrected chi connectivity index (χ1v) is 8.62. The Kier molecular flexibility index (Phi) is 4.33. The van der Waals surface area contributed by atoms with Crippen LogP contribution in [0.5, 0.6) is 0 Å². The standard InChI is InChI=1S/C19H20N4O2/c24-19(20-12-17-15-7-4-8-16(15)21-22-17)18-11-14(23-25-18)10-9-13-5-2-1-3-6-13/h1-3,5-6,11H,4,7-10,12H2,(H,20,24)(H,21,22). The molecule has 0 aliphatic heterocycles. The number of aromatic nitrogens is 3. The third-order valence-electron chi connectivity index (χ3n) is 4.60. The van der Waals surface area contributed by atoms with Gasteiger partial charge in [0.2, 0.25) is 5.76 Å². The van der Waals surface area contributed by atoms with E-state index in [-0.39, 0.29) is 11.7 Å². The fourth-order valence-electron chi connectivity index (χ4n) is 3.24. The summed E-state index contributed by atoms with van der Waals surface area (Å²) in [5.41, 5.74) is 5.40. The van der Waals surface area contributed by atoms with E-state index in [0.29, 0.717) is 6.54 Å². The highest BCUT2D eigenvalue weighted by molar-refractivity contribution is 5.91. The lowest BCUT2D eigenvalue weighted by atomic mass is 10.1. The molecule has 0 spiro atoms. The van der Waals surface area contributed by atoms with Crippen molar-refractivity contribution >= 4 is 5.91 Å². The maximum absolute atomic E-state index is 12.2. The summed E-state index contributed by atoms with van der Waals surface area (Å²) in [5, 5.41) is 14.2. The maximum atomic E-state index is 12.2. The van der Waals surface area contributed by atoms with E-state index in [1.54, 1.807) is 6.07 Å². The number of hydrogen-bond acceptors (Lipinski definition) is 4. The van der Waals surface area contributed by atoms with Gasteiger partial charge in [-0.05, 0) is 43.2 Å². The van der Waals surface area contributed by atoms with Gasteiger partial charge in [0.1, 0.15) is 0 Å². The number of nitrogens with zero attached hydrogens (tertiary/aromatic N) is 2. The molecule has 2 heterocycles. The highest BCUT2D eigenvalue weighted by Crippen LogP contribution is 2.22. The molecule has 0 atom stereocenters. The van der Waals surface area contributed by atoms with Crippen LogP contribution in [0.3, 0.4) is 0 Å². The molecule has 1 aliphatic rings. The molecule has 2 N–H and O–H groups in total. The number of aromatic amines is 1. The van der Waals surface area contributed by atoms with Gasteiger partial charge in [0.25, 0.3) is 5.91 Å². The second-order valence-electron chi connectivity index (χ2n) is 6.33. The van der Waals surface area contributed by atoms with Crippen LogP contribution in [0.25, 0.3) is 0 Å². The molecule has 6 heteroatoms. The molecule has 1 aliphatic carbocycles. The van der Waals surface area contributed by atoms with Crippen molar-refractivity contribution < 1.29 is 9.32 Å². The minimum absolute atomic E-state index is 0.246. The molecule has 0 saturated carbocycles. The molecule has 128 valence electrons. The Morgan fingerprint density at radius 3 is 2.96 bits per heavy atom. The van der Waals surface area contributed by atoms with Gasteiger partial charge >= 0.3 is 0 Å². The maximum Gasteiger partial charge on any atom is 0.290 e. The summed E-state index contributed by atoms with van der Waals surface area (Å²) in [6.07, 6.45) is 4.84. The van der Waals surface area contributed by atoms with Crippen molar-refractivity contribution in [3.8, 4) is 0 Å². The highest BCUT2D eigenvalue weighted by atomic mass is 16.5. The van der Waals surface area contributed by atoms with Crippen molar-refractivity contribution in [2.24, 2.45) is 0 Å². The fourth-order valence-corrected chi connectivity index (χ4v) is 3.24. The molecule has 3 aromatic rings. The molecule has 0 bridgehead atoms. The number of carbonyl (C=O) groups excluding carboxylic acids is 1. The molecule has 0 saturated heterocycles. The molecule has 25 heavy (non-hydrogen) atoms. The Labute approximate surface area is 145 Å². The predicted octanol–water partition coefficient (Wildman–Crippen LogP) is 2.60. The number of fused-ring (bicyclic) bond motifs is 1. The molecular formula is C19H20N4O2. The van der Waals surface area contributed by atoms with Crippen molar-refractivity contribution in [1.82, 2.24) is 20.7 Å². The molecule has 1 aromatic carbocycles. The number of rotatable bonds is 6.